The lowest BCUT2D eigenvalue weighted by Gasteiger charge is -2.10. The van der Waals surface area contributed by atoms with Crippen LogP contribution in [0, 0.1) is 0 Å². The molecule has 0 saturated carbocycles. The van der Waals surface area contributed by atoms with Gasteiger partial charge in [-0.2, -0.15) is 13.2 Å². The summed E-state index contributed by atoms with van der Waals surface area (Å²) in [5, 5.41) is 2.48. The molecule has 0 bridgehead atoms. The third-order valence-corrected chi connectivity index (χ3v) is 3.48. The normalized spacial score (nSPS) is 11.3. The van der Waals surface area contributed by atoms with Gasteiger partial charge in [0.15, 0.2) is 0 Å². The number of alkyl halides is 3. The summed E-state index contributed by atoms with van der Waals surface area (Å²) in [6.45, 7) is 0. The van der Waals surface area contributed by atoms with E-state index in [1.165, 1.54) is 12.1 Å². The van der Waals surface area contributed by atoms with Crippen LogP contribution in [0.3, 0.4) is 0 Å². The van der Waals surface area contributed by atoms with Gasteiger partial charge in [-0.05, 0) is 54.6 Å². The minimum absolute atomic E-state index is 0.101. The van der Waals surface area contributed by atoms with Crippen LogP contribution in [0.15, 0.2) is 73.1 Å². The number of carbonyl (C=O) groups excluding carboxylic acids is 1. The Hall–Kier alpha value is -3.02. The first-order chi connectivity index (χ1) is 11.4. The summed E-state index contributed by atoms with van der Waals surface area (Å²) in [6.07, 6.45) is -0.700. The monoisotopic (exact) mass is 330 g/mol. The lowest BCUT2D eigenvalue weighted by molar-refractivity contribution is -0.137. The molecule has 3 nitrogen and oxygen atoms in total. The fraction of sp³-hybridized carbons (Fsp3) is 0.0556. The molecular formula is C18H13F3N2O. The Labute approximate surface area is 136 Å². The third-order valence-electron chi connectivity index (χ3n) is 3.48. The minimum atomic E-state index is -4.45. The molecule has 3 rings (SSSR count). The van der Waals surface area contributed by atoms with E-state index < -0.39 is 17.6 Å². The molecule has 1 amide bonds. The van der Waals surface area contributed by atoms with Gasteiger partial charge in [0.2, 0.25) is 0 Å². The van der Waals surface area contributed by atoms with Crippen LogP contribution in [0.1, 0.15) is 15.9 Å². The zero-order valence-corrected chi connectivity index (χ0v) is 12.4. The van der Waals surface area contributed by atoms with Gasteiger partial charge >= 0.3 is 6.18 Å². The van der Waals surface area contributed by atoms with Crippen molar-refractivity contribution in [1.29, 1.82) is 0 Å². The van der Waals surface area contributed by atoms with E-state index in [1.807, 2.05) is 29.1 Å². The fourth-order valence-corrected chi connectivity index (χ4v) is 2.27. The van der Waals surface area contributed by atoms with Crippen LogP contribution in [-0.4, -0.2) is 10.5 Å². The van der Waals surface area contributed by atoms with Crippen molar-refractivity contribution in [2.45, 2.75) is 6.18 Å². The molecule has 6 heteroatoms. The Bertz CT molecular complexity index is 837. The van der Waals surface area contributed by atoms with Crippen molar-refractivity contribution in [3.8, 4) is 5.69 Å². The smallest absolute Gasteiger partial charge is 0.324 e. The van der Waals surface area contributed by atoms with E-state index in [1.54, 1.807) is 24.3 Å². The summed E-state index contributed by atoms with van der Waals surface area (Å²) >= 11 is 0. The minimum Gasteiger partial charge on any atom is -0.324 e. The first-order valence-corrected chi connectivity index (χ1v) is 7.15. The number of anilines is 1. The zero-order valence-electron chi connectivity index (χ0n) is 12.4. The average Bonchev–Trinajstić information content (AvgIpc) is 3.09. The number of amides is 1. The van der Waals surface area contributed by atoms with Crippen molar-refractivity contribution in [2.75, 3.05) is 5.32 Å². The number of aromatic nitrogens is 1. The highest BCUT2D eigenvalue weighted by molar-refractivity contribution is 6.04. The Morgan fingerprint density at radius 1 is 0.917 bits per heavy atom. The second-order valence-electron chi connectivity index (χ2n) is 5.17. The summed E-state index contributed by atoms with van der Waals surface area (Å²) in [4.78, 5) is 12.2. The van der Waals surface area contributed by atoms with E-state index >= 15 is 0 Å². The predicted molar refractivity (Wildman–Crippen MR) is 85.2 cm³/mol. The maximum absolute atomic E-state index is 12.7. The van der Waals surface area contributed by atoms with Crippen molar-refractivity contribution in [3.05, 3.63) is 84.2 Å². The van der Waals surface area contributed by atoms with Gasteiger partial charge in [-0.3, -0.25) is 4.79 Å². The summed E-state index contributed by atoms with van der Waals surface area (Å²) in [5.41, 5.74) is 0.548. The average molecular weight is 330 g/mol. The van der Waals surface area contributed by atoms with Crippen LogP contribution in [-0.2, 0) is 6.18 Å². The Morgan fingerprint density at radius 2 is 1.58 bits per heavy atom. The molecule has 0 aliphatic carbocycles. The molecule has 0 fully saturated rings. The molecule has 0 atom stereocenters. The maximum Gasteiger partial charge on any atom is 0.416 e. The van der Waals surface area contributed by atoms with Crippen LogP contribution in [0.5, 0.6) is 0 Å². The van der Waals surface area contributed by atoms with E-state index in [0.717, 1.165) is 17.8 Å². The van der Waals surface area contributed by atoms with Gasteiger partial charge in [-0.15, -0.1) is 0 Å². The second kappa shape index (κ2) is 6.23. The molecule has 2 aromatic carbocycles. The molecule has 3 aromatic rings. The molecule has 0 aliphatic rings. The molecule has 1 aromatic heterocycles. The highest BCUT2D eigenvalue weighted by Crippen LogP contribution is 2.30. The van der Waals surface area contributed by atoms with Crippen molar-refractivity contribution in [1.82, 2.24) is 4.57 Å². The van der Waals surface area contributed by atoms with Gasteiger partial charge in [0.05, 0.1) is 5.56 Å². The van der Waals surface area contributed by atoms with Crippen molar-refractivity contribution in [3.63, 3.8) is 0 Å². The maximum atomic E-state index is 12.7. The topological polar surface area (TPSA) is 34.0 Å². The lowest BCUT2D eigenvalue weighted by atomic mass is 10.1. The van der Waals surface area contributed by atoms with Gasteiger partial charge in [-0.25, -0.2) is 0 Å². The number of hydrogen-bond acceptors (Lipinski definition) is 1. The van der Waals surface area contributed by atoms with Gasteiger partial charge in [0.1, 0.15) is 0 Å². The lowest BCUT2D eigenvalue weighted by Crippen LogP contribution is -2.13. The quantitative estimate of drug-likeness (QED) is 0.739. The molecule has 0 saturated heterocycles. The van der Waals surface area contributed by atoms with Crippen LogP contribution in [0.25, 0.3) is 5.69 Å². The number of rotatable bonds is 3. The van der Waals surface area contributed by atoms with Crippen molar-refractivity contribution in [2.24, 2.45) is 0 Å². The third kappa shape index (κ3) is 3.48. The Morgan fingerprint density at radius 3 is 2.21 bits per heavy atom. The molecular weight excluding hydrogens is 317 g/mol. The number of carbonyl (C=O) groups is 1. The molecule has 1 N–H and O–H groups in total. The van der Waals surface area contributed by atoms with E-state index in [4.69, 9.17) is 0 Å². The Kier molecular flexibility index (Phi) is 4.12. The standard InChI is InChI=1S/C18H13F3N2O/c19-18(20,21)14-4-3-5-15(12-14)22-17(24)13-6-8-16(9-7-13)23-10-1-2-11-23/h1-12H,(H,22,24). The number of hydrogen-bond donors (Lipinski definition) is 1. The van der Waals surface area contributed by atoms with Crippen LogP contribution in [0.2, 0.25) is 0 Å². The van der Waals surface area contributed by atoms with E-state index in [-0.39, 0.29) is 5.69 Å². The molecule has 0 spiro atoms. The molecule has 1 heterocycles. The van der Waals surface area contributed by atoms with E-state index in [0.29, 0.717) is 5.56 Å². The van der Waals surface area contributed by atoms with Gasteiger partial charge < -0.3 is 9.88 Å². The van der Waals surface area contributed by atoms with Crippen LogP contribution < -0.4 is 5.32 Å². The molecule has 122 valence electrons. The summed E-state index contributed by atoms with van der Waals surface area (Å²) in [6, 6.07) is 15.1. The molecule has 0 unspecified atom stereocenters. The number of nitrogens with zero attached hydrogens (tertiary/aromatic N) is 1. The van der Waals surface area contributed by atoms with Crippen molar-refractivity contribution < 1.29 is 18.0 Å². The molecule has 0 aliphatic heterocycles. The SMILES string of the molecule is O=C(Nc1cccc(C(F)(F)F)c1)c1ccc(-n2cccc2)cc1. The highest BCUT2D eigenvalue weighted by atomic mass is 19.4. The van der Waals surface area contributed by atoms with Crippen LogP contribution >= 0.6 is 0 Å². The molecule has 24 heavy (non-hydrogen) atoms. The first-order valence-electron chi connectivity index (χ1n) is 7.15. The second-order valence-corrected chi connectivity index (χ2v) is 5.17. The number of halogens is 3. The zero-order chi connectivity index (χ0) is 17.2. The van der Waals surface area contributed by atoms with Crippen molar-refractivity contribution >= 4 is 11.6 Å². The van der Waals surface area contributed by atoms with Crippen LogP contribution in [0.4, 0.5) is 18.9 Å². The first kappa shape index (κ1) is 15.9. The van der Waals surface area contributed by atoms with E-state index in [9.17, 15) is 18.0 Å². The summed E-state index contributed by atoms with van der Waals surface area (Å²) < 4.78 is 40.0. The summed E-state index contributed by atoms with van der Waals surface area (Å²) in [7, 11) is 0. The number of benzene rings is 2. The van der Waals surface area contributed by atoms with Gasteiger partial charge in [-0.1, -0.05) is 6.07 Å². The van der Waals surface area contributed by atoms with E-state index in [2.05, 4.69) is 5.32 Å². The predicted octanol–water partition coefficient (Wildman–Crippen LogP) is 4.75. The Balaban J connectivity index is 1.76. The molecule has 0 radical (unpaired) electrons. The number of nitrogens with one attached hydrogen (secondary N) is 1. The summed E-state index contributed by atoms with van der Waals surface area (Å²) in [5.74, 6) is -0.464. The highest BCUT2D eigenvalue weighted by Gasteiger charge is 2.30. The van der Waals surface area contributed by atoms with Gasteiger partial charge in [0.25, 0.3) is 5.91 Å². The van der Waals surface area contributed by atoms with Gasteiger partial charge in [0, 0.05) is 29.3 Å². The largest absolute Gasteiger partial charge is 0.416 e. The fourth-order valence-electron chi connectivity index (χ4n) is 2.27.